The summed E-state index contributed by atoms with van der Waals surface area (Å²) in [5.74, 6) is 0.923. The first-order valence-corrected chi connectivity index (χ1v) is 6.46. The number of H-pyrrole nitrogens is 2. The highest BCUT2D eigenvalue weighted by Crippen LogP contribution is 2.34. The van der Waals surface area contributed by atoms with E-state index in [2.05, 4.69) is 32.0 Å². The van der Waals surface area contributed by atoms with Gasteiger partial charge in [0.25, 0.3) is 5.56 Å². The first kappa shape index (κ1) is 12.0. The highest BCUT2D eigenvalue weighted by molar-refractivity contribution is 5.36. The van der Waals surface area contributed by atoms with Crippen LogP contribution in [0.1, 0.15) is 25.5 Å². The van der Waals surface area contributed by atoms with Gasteiger partial charge in [-0.15, -0.1) is 0 Å². The summed E-state index contributed by atoms with van der Waals surface area (Å²) in [7, 11) is 0. The summed E-state index contributed by atoms with van der Waals surface area (Å²) in [6.07, 6.45) is 7.16. The number of aromatic amines is 2. The number of piperidine rings is 1. The molecule has 0 amide bonds. The zero-order valence-corrected chi connectivity index (χ0v) is 10.9. The third-order valence-electron chi connectivity index (χ3n) is 3.99. The molecule has 0 aliphatic carbocycles. The van der Waals surface area contributed by atoms with Crippen molar-refractivity contribution in [1.29, 1.82) is 0 Å². The molecule has 0 saturated carbocycles. The molecular weight excluding hydrogens is 242 g/mol. The van der Waals surface area contributed by atoms with E-state index in [1.54, 1.807) is 24.7 Å². The third kappa shape index (κ3) is 2.25. The summed E-state index contributed by atoms with van der Waals surface area (Å²) in [4.78, 5) is 21.9. The van der Waals surface area contributed by atoms with Crippen LogP contribution in [0.15, 0.2) is 29.5 Å². The SMILES string of the molecule is CC1(c2cc(=O)[nH][nH]2)CCN(c2cnccn2)CC1. The van der Waals surface area contributed by atoms with E-state index in [4.69, 9.17) is 0 Å². The average molecular weight is 259 g/mol. The lowest BCUT2D eigenvalue weighted by Gasteiger charge is -2.39. The van der Waals surface area contributed by atoms with Crippen LogP contribution in [0, 0.1) is 0 Å². The topological polar surface area (TPSA) is 77.7 Å². The predicted molar refractivity (Wildman–Crippen MR) is 72.2 cm³/mol. The van der Waals surface area contributed by atoms with Gasteiger partial charge in [0.2, 0.25) is 0 Å². The predicted octanol–water partition coefficient (Wildman–Crippen LogP) is 1.05. The van der Waals surface area contributed by atoms with Crippen molar-refractivity contribution in [3.63, 3.8) is 0 Å². The summed E-state index contributed by atoms with van der Waals surface area (Å²) in [6, 6.07) is 1.66. The minimum atomic E-state index is -0.0624. The number of nitrogens with zero attached hydrogens (tertiary/aromatic N) is 3. The molecule has 2 N–H and O–H groups in total. The number of hydrogen-bond donors (Lipinski definition) is 2. The van der Waals surface area contributed by atoms with Crippen molar-refractivity contribution in [1.82, 2.24) is 20.2 Å². The molecule has 2 aromatic rings. The Morgan fingerprint density at radius 1 is 1.26 bits per heavy atom. The minimum Gasteiger partial charge on any atom is -0.355 e. The molecule has 0 unspecified atom stereocenters. The van der Waals surface area contributed by atoms with Crippen LogP contribution in [0.5, 0.6) is 0 Å². The molecule has 1 aliphatic heterocycles. The van der Waals surface area contributed by atoms with Gasteiger partial charge in [0.1, 0.15) is 5.82 Å². The zero-order chi connectivity index (χ0) is 13.3. The standard InChI is InChI=1S/C13H17N5O/c1-13(10-8-12(19)17-16-10)2-6-18(7-3-13)11-9-14-4-5-15-11/h4-5,8-9H,2-3,6-7H2,1H3,(H2,16,17,19). The molecule has 1 saturated heterocycles. The second-order valence-corrected chi connectivity index (χ2v) is 5.28. The molecule has 2 aromatic heterocycles. The van der Waals surface area contributed by atoms with Crippen LogP contribution in [-0.4, -0.2) is 33.3 Å². The van der Waals surface area contributed by atoms with E-state index in [0.29, 0.717) is 0 Å². The number of anilines is 1. The van der Waals surface area contributed by atoms with Crippen molar-refractivity contribution >= 4 is 5.82 Å². The Balaban J connectivity index is 1.74. The number of hydrogen-bond acceptors (Lipinski definition) is 4. The summed E-state index contributed by atoms with van der Waals surface area (Å²) in [6.45, 7) is 4.03. The highest BCUT2D eigenvalue weighted by atomic mass is 16.1. The largest absolute Gasteiger partial charge is 0.355 e. The van der Waals surface area contributed by atoms with Crippen LogP contribution >= 0.6 is 0 Å². The van der Waals surface area contributed by atoms with Gasteiger partial charge in [-0.05, 0) is 12.8 Å². The molecule has 0 bridgehead atoms. The van der Waals surface area contributed by atoms with Crippen LogP contribution in [0.4, 0.5) is 5.82 Å². The summed E-state index contributed by atoms with van der Waals surface area (Å²) in [5.41, 5.74) is 0.960. The lowest BCUT2D eigenvalue weighted by Crippen LogP contribution is -2.41. The minimum absolute atomic E-state index is 0.0257. The second-order valence-electron chi connectivity index (χ2n) is 5.28. The lowest BCUT2D eigenvalue weighted by molar-refractivity contribution is 0.352. The van der Waals surface area contributed by atoms with Gasteiger partial charge in [-0.2, -0.15) is 0 Å². The molecule has 100 valence electrons. The van der Waals surface area contributed by atoms with Gasteiger partial charge < -0.3 is 10.00 Å². The van der Waals surface area contributed by atoms with Gasteiger partial charge in [-0.3, -0.25) is 14.9 Å². The quantitative estimate of drug-likeness (QED) is 0.845. The molecule has 0 spiro atoms. The van der Waals surface area contributed by atoms with E-state index in [1.807, 2.05) is 0 Å². The number of aromatic nitrogens is 4. The van der Waals surface area contributed by atoms with Crippen LogP contribution < -0.4 is 10.5 Å². The van der Waals surface area contributed by atoms with Crippen molar-refractivity contribution in [2.75, 3.05) is 18.0 Å². The fraction of sp³-hybridized carbons (Fsp3) is 0.462. The first-order valence-electron chi connectivity index (χ1n) is 6.46. The van der Waals surface area contributed by atoms with Crippen molar-refractivity contribution in [2.24, 2.45) is 0 Å². The van der Waals surface area contributed by atoms with Crippen LogP contribution in [0.25, 0.3) is 0 Å². The molecule has 6 nitrogen and oxygen atoms in total. The number of nitrogens with one attached hydrogen (secondary N) is 2. The Morgan fingerprint density at radius 3 is 2.63 bits per heavy atom. The van der Waals surface area contributed by atoms with E-state index >= 15 is 0 Å². The Labute approximate surface area is 110 Å². The normalized spacial score (nSPS) is 18.5. The van der Waals surface area contributed by atoms with Gasteiger partial charge in [-0.25, -0.2) is 4.98 Å². The van der Waals surface area contributed by atoms with Crippen molar-refractivity contribution in [3.8, 4) is 0 Å². The van der Waals surface area contributed by atoms with Gasteiger partial charge >= 0.3 is 0 Å². The molecule has 1 aliphatic rings. The Bertz CT molecular complexity index is 595. The van der Waals surface area contributed by atoms with E-state index in [9.17, 15) is 4.79 Å². The molecule has 0 aromatic carbocycles. The summed E-state index contributed by atoms with van der Waals surface area (Å²) < 4.78 is 0. The fourth-order valence-corrected chi connectivity index (χ4v) is 2.61. The van der Waals surface area contributed by atoms with Crippen LogP contribution in [0.3, 0.4) is 0 Å². The van der Waals surface area contributed by atoms with E-state index in [1.165, 1.54) is 0 Å². The Morgan fingerprint density at radius 2 is 2.05 bits per heavy atom. The second kappa shape index (κ2) is 4.53. The maximum Gasteiger partial charge on any atom is 0.264 e. The van der Waals surface area contributed by atoms with Crippen molar-refractivity contribution in [2.45, 2.75) is 25.2 Å². The van der Waals surface area contributed by atoms with Crippen LogP contribution in [0.2, 0.25) is 0 Å². The third-order valence-corrected chi connectivity index (χ3v) is 3.99. The Kier molecular flexibility index (Phi) is 2.85. The van der Waals surface area contributed by atoms with Gasteiger partial charge in [0, 0.05) is 42.7 Å². The average Bonchev–Trinajstić information content (AvgIpc) is 2.88. The molecule has 3 heterocycles. The van der Waals surface area contributed by atoms with Gasteiger partial charge in [0.15, 0.2) is 0 Å². The van der Waals surface area contributed by atoms with Crippen molar-refractivity contribution in [3.05, 3.63) is 40.7 Å². The smallest absolute Gasteiger partial charge is 0.264 e. The lowest BCUT2D eigenvalue weighted by atomic mass is 9.77. The van der Waals surface area contributed by atoms with E-state index in [0.717, 1.165) is 37.4 Å². The number of rotatable bonds is 2. The molecule has 1 fully saturated rings. The van der Waals surface area contributed by atoms with Crippen LogP contribution in [-0.2, 0) is 5.41 Å². The zero-order valence-electron chi connectivity index (χ0n) is 10.9. The molecule has 6 heteroatoms. The molecule has 0 radical (unpaired) electrons. The van der Waals surface area contributed by atoms with Gasteiger partial charge in [-0.1, -0.05) is 6.92 Å². The molecule has 0 atom stereocenters. The molecular formula is C13H17N5O. The fourth-order valence-electron chi connectivity index (χ4n) is 2.61. The highest BCUT2D eigenvalue weighted by Gasteiger charge is 2.33. The van der Waals surface area contributed by atoms with Crippen molar-refractivity contribution < 1.29 is 0 Å². The molecule has 19 heavy (non-hydrogen) atoms. The summed E-state index contributed by atoms with van der Waals surface area (Å²) >= 11 is 0. The maximum atomic E-state index is 11.2. The summed E-state index contributed by atoms with van der Waals surface area (Å²) in [5, 5.41) is 5.60. The Hall–Kier alpha value is -2.11. The van der Waals surface area contributed by atoms with E-state index in [-0.39, 0.29) is 11.0 Å². The van der Waals surface area contributed by atoms with Gasteiger partial charge in [0.05, 0.1) is 6.20 Å². The van der Waals surface area contributed by atoms with E-state index < -0.39 is 0 Å². The molecule has 3 rings (SSSR count). The monoisotopic (exact) mass is 259 g/mol. The maximum absolute atomic E-state index is 11.2. The first-order chi connectivity index (χ1) is 9.17.